The number of rotatable bonds is 1. The van der Waals surface area contributed by atoms with Crippen LogP contribution in [0.1, 0.15) is 6.42 Å². The summed E-state index contributed by atoms with van der Waals surface area (Å²) < 4.78 is 0. The molecule has 0 fully saturated rings. The van der Waals surface area contributed by atoms with Gasteiger partial charge >= 0.3 is 0 Å². The van der Waals surface area contributed by atoms with Gasteiger partial charge in [0.1, 0.15) is 5.84 Å². The standard InChI is InChI=1S/C7H11N5/c8-7(9)12-11-6-4-1-2-5(3-4)10-6/h1-2,4-5H,3H2,(H,10,11)(H4,8,9,12). The van der Waals surface area contributed by atoms with Gasteiger partial charge in [-0.2, -0.15) is 0 Å². The van der Waals surface area contributed by atoms with Gasteiger partial charge in [0.2, 0.25) is 5.96 Å². The predicted molar refractivity (Wildman–Crippen MR) is 47.4 cm³/mol. The molecule has 1 aliphatic carbocycles. The molecule has 0 amide bonds. The largest absolute Gasteiger partial charge is 0.369 e. The molecule has 0 aromatic rings. The Labute approximate surface area is 70.2 Å². The fourth-order valence-electron chi connectivity index (χ4n) is 1.49. The molecule has 1 aliphatic heterocycles. The van der Waals surface area contributed by atoms with Gasteiger partial charge in [0.15, 0.2) is 0 Å². The Bertz CT molecular complexity index is 274. The number of nitrogens with two attached hydrogens (primary N) is 2. The number of guanidine groups is 1. The highest BCUT2D eigenvalue weighted by atomic mass is 15.4. The number of hydrogen-bond acceptors (Lipinski definition) is 3. The number of aliphatic imine (C=N–C) groups is 1. The monoisotopic (exact) mass is 165 g/mol. The van der Waals surface area contributed by atoms with Crippen molar-refractivity contribution in [3.63, 3.8) is 0 Å². The number of fused-ring (bicyclic) bond motifs is 2. The molecule has 0 spiro atoms. The molecule has 0 saturated heterocycles. The third-order valence-corrected chi connectivity index (χ3v) is 2.02. The zero-order valence-electron chi connectivity index (χ0n) is 6.57. The first-order chi connectivity index (χ1) is 5.75. The molecule has 64 valence electrons. The first-order valence-electron chi connectivity index (χ1n) is 3.86. The van der Waals surface area contributed by atoms with Crippen LogP contribution in [0.4, 0.5) is 0 Å². The van der Waals surface area contributed by atoms with E-state index in [9.17, 15) is 0 Å². The maximum Gasteiger partial charge on any atom is 0.208 e. The molecule has 5 heteroatoms. The summed E-state index contributed by atoms with van der Waals surface area (Å²) in [4.78, 5) is 4.33. The SMILES string of the molecule is NC(N)=NNC1=NC2C=CC1C2. The second kappa shape index (κ2) is 2.51. The van der Waals surface area contributed by atoms with Crippen LogP contribution in [0.15, 0.2) is 22.2 Å². The van der Waals surface area contributed by atoms with Gasteiger partial charge in [-0.1, -0.05) is 12.2 Å². The van der Waals surface area contributed by atoms with Crippen molar-refractivity contribution in [2.24, 2.45) is 27.5 Å². The van der Waals surface area contributed by atoms with Crippen molar-refractivity contribution in [1.82, 2.24) is 5.43 Å². The van der Waals surface area contributed by atoms with Crippen LogP contribution < -0.4 is 16.9 Å². The van der Waals surface area contributed by atoms with Crippen LogP contribution in [-0.4, -0.2) is 17.8 Å². The molecular weight excluding hydrogens is 154 g/mol. The van der Waals surface area contributed by atoms with Crippen LogP contribution >= 0.6 is 0 Å². The Morgan fingerprint density at radius 3 is 2.92 bits per heavy atom. The molecule has 5 nitrogen and oxygen atoms in total. The summed E-state index contributed by atoms with van der Waals surface area (Å²) in [5.41, 5.74) is 13.1. The molecule has 5 N–H and O–H groups in total. The van der Waals surface area contributed by atoms with E-state index in [4.69, 9.17) is 11.5 Å². The number of dihydropyridines is 1. The lowest BCUT2D eigenvalue weighted by molar-refractivity contribution is 0.772. The second-order valence-corrected chi connectivity index (χ2v) is 2.96. The molecule has 1 heterocycles. The van der Waals surface area contributed by atoms with Crippen molar-refractivity contribution in [2.75, 3.05) is 0 Å². The minimum Gasteiger partial charge on any atom is -0.369 e. The minimum absolute atomic E-state index is 0.0319. The molecule has 2 rings (SSSR count). The minimum atomic E-state index is 0.0319. The van der Waals surface area contributed by atoms with Crippen LogP contribution in [0.2, 0.25) is 0 Å². The van der Waals surface area contributed by atoms with Crippen molar-refractivity contribution in [3.8, 4) is 0 Å². The topological polar surface area (TPSA) is 88.8 Å². The lowest BCUT2D eigenvalue weighted by Gasteiger charge is -2.06. The average molecular weight is 165 g/mol. The Kier molecular flexibility index (Phi) is 1.49. The summed E-state index contributed by atoms with van der Waals surface area (Å²) in [7, 11) is 0. The Hall–Kier alpha value is -1.52. The maximum atomic E-state index is 5.16. The molecule has 12 heavy (non-hydrogen) atoms. The molecule has 0 radical (unpaired) electrons. The fourth-order valence-corrected chi connectivity index (χ4v) is 1.49. The number of nitrogens with zero attached hydrogens (tertiary/aromatic N) is 2. The lowest BCUT2D eigenvalue weighted by Crippen LogP contribution is -2.30. The van der Waals surface area contributed by atoms with E-state index < -0.39 is 0 Å². The molecule has 2 bridgehead atoms. The van der Waals surface area contributed by atoms with E-state index in [0.717, 1.165) is 12.3 Å². The van der Waals surface area contributed by atoms with Gasteiger partial charge in [-0.3, -0.25) is 10.4 Å². The van der Waals surface area contributed by atoms with E-state index in [-0.39, 0.29) is 5.96 Å². The van der Waals surface area contributed by atoms with E-state index in [2.05, 4.69) is 27.7 Å². The number of nitrogens with one attached hydrogen (secondary N) is 1. The molecule has 0 saturated carbocycles. The Morgan fingerprint density at radius 1 is 1.58 bits per heavy atom. The molecule has 2 atom stereocenters. The van der Waals surface area contributed by atoms with Crippen molar-refractivity contribution >= 4 is 11.8 Å². The molecule has 2 aliphatic rings. The molecule has 0 aromatic carbocycles. The van der Waals surface area contributed by atoms with Gasteiger partial charge in [-0.15, -0.1) is 5.10 Å². The number of hydrazone groups is 1. The normalized spacial score (nSPS) is 30.2. The van der Waals surface area contributed by atoms with Crippen molar-refractivity contribution in [3.05, 3.63) is 12.2 Å². The van der Waals surface area contributed by atoms with Crippen molar-refractivity contribution in [2.45, 2.75) is 12.5 Å². The maximum absolute atomic E-state index is 5.16. The van der Waals surface area contributed by atoms with Crippen molar-refractivity contribution < 1.29 is 0 Å². The highest BCUT2D eigenvalue weighted by Gasteiger charge is 2.29. The van der Waals surface area contributed by atoms with Crippen LogP contribution in [0.25, 0.3) is 0 Å². The summed E-state index contributed by atoms with van der Waals surface area (Å²) in [6, 6.07) is 0.340. The van der Waals surface area contributed by atoms with Crippen LogP contribution in [0, 0.1) is 5.92 Å². The first kappa shape index (κ1) is 7.15. The number of amidine groups is 1. The van der Waals surface area contributed by atoms with Crippen LogP contribution in [-0.2, 0) is 0 Å². The molecule has 0 aromatic heterocycles. The van der Waals surface area contributed by atoms with Gasteiger partial charge < -0.3 is 11.5 Å². The number of hydrogen-bond donors (Lipinski definition) is 3. The third-order valence-electron chi connectivity index (χ3n) is 2.02. The van der Waals surface area contributed by atoms with Gasteiger partial charge in [0, 0.05) is 5.92 Å². The van der Waals surface area contributed by atoms with E-state index >= 15 is 0 Å². The Balaban J connectivity index is 2.00. The summed E-state index contributed by atoms with van der Waals surface area (Å²) in [5, 5.41) is 3.68. The van der Waals surface area contributed by atoms with Gasteiger partial charge in [0.05, 0.1) is 6.04 Å². The first-order valence-corrected chi connectivity index (χ1v) is 3.86. The summed E-state index contributed by atoms with van der Waals surface area (Å²) in [6.45, 7) is 0. The average Bonchev–Trinajstić information content (AvgIpc) is 2.60. The van der Waals surface area contributed by atoms with Crippen LogP contribution in [0.5, 0.6) is 0 Å². The quantitative estimate of drug-likeness (QED) is 0.204. The Morgan fingerprint density at radius 2 is 2.42 bits per heavy atom. The highest BCUT2D eigenvalue weighted by molar-refractivity contribution is 5.90. The van der Waals surface area contributed by atoms with E-state index in [0.29, 0.717) is 12.0 Å². The summed E-state index contributed by atoms with van der Waals surface area (Å²) in [5.74, 6) is 1.29. The zero-order chi connectivity index (χ0) is 8.55. The predicted octanol–water partition coefficient (Wildman–Crippen LogP) is -0.879. The van der Waals surface area contributed by atoms with E-state index in [1.807, 2.05) is 0 Å². The lowest BCUT2D eigenvalue weighted by atomic mass is 10.1. The van der Waals surface area contributed by atoms with Gasteiger partial charge in [-0.25, -0.2) is 0 Å². The van der Waals surface area contributed by atoms with Crippen molar-refractivity contribution in [1.29, 1.82) is 0 Å². The molecular formula is C7H11N5. The summed E-state index contributed by atoms with van der Waals surface area (Å²) in [6.07, 6.45) is 5.29. The zero-order valence-corrected chi connectivity index (χ0v) is 6.57. The van der Waals surface area contributed by atoms with Gasteiger partial charge in [0.25, 0.3) is 0 Å². The van der Waals surface area contributed by atoms with E-state index in [1.165, 1.54) is 0 Å². The smallest absolute Gasteiger partial charge is 0.208 e. The summed E-state index contributed by atoms with van der Waals surface area (Å²) >= 11 is 0. The van der Waals surface area contributed by atoms with Gasteiger partial charge in [-0.05, 0) is 6.42 Å². The van der Waals surface area contributed by atoms with E-state index in [1.54, 1.807) is 0 Å². The third kappa shape index (κ3) is 1.13. The highest BCUT2D eigenvalue weighted by Crippen LogP contribution is 2.27. The fraction of sp³-hybridized carbons (Fsp3) is 0.429. The van der Waals surface area contributed by atoms with Crippen LogP contribution in [0.3, 0.4) is 0 Å². The second-order valence-electron chi connectivity index (χ2n) is 2.96. The molecule has 2 unspecified atom stereocenters.